The Labute approximate surface area is 137 Å². The van der Waals surface area contributed by atoms with Crippen LogP contribution in [0.15, 0.2) is 36.0 Å². The molecule has 1 aliphatic heterocycles. The minimum atomic E-state index is -0.114. The first kappa shape index (κ1) is 15.2. The topological polar surface area (TPSA) is 32.3 Å². The van der Waals surface area contributed by atoms with E-state index in [2.05, 4.69) is 49.3 Å². The maximum atomic E-state index is 12.0. The molecule has 1 saturated carbocycles. The fourth-order valence-electron chi connectivity index (χ4n) is 3.31. The summed E-state index contributed by atoms with van der Waals surface area (Å²) in [6.45, 7) is 4.38. The Hall–Kier alpha value is -1.68. The number of fused-ring (bicyclic) bond motifs is 1. The quantitative estimate of drug-likeness (QED) is 0.669. The fourth-order valence-corrected chi connectivity index (χ4v) is 3.53. The highest BCUT2D eigenvalue weighted by Gasteiger charge is 2.38. The lowest BCUT2D eigenvalue weighted by Gasteiger charge is -2.26. The fraction of sp³-hybridized carbons (Fsp3) is 0.444. The summed E-state index contributed by atoms with van der Waals surface area (Å²) >= 11 is 5.39. The molecule has 1 aliphatic carbocycles. The van der Waals surface area contributed by atoms with Crippen molar-refractivity contribution in [1.29, 1.82) is 0 Å². The second kappa shape index (κ2) is 5.51. The standard InChI is InChI=1S/C18H22N2OS/c1-18(2)13-9-4-5-10-14(13)20(3)15(18)11-16(22)19-17(21)12-7-6-8-12/h4-5,9-12H,6-8H2,1-3H3,(H,19,21,22)/b15-11+. The van der Waals surface area contributed by atoms with E-state index in [0.29, 0.717) is 4.99 Å². The SMILES string of the molecule is CN1/C(=C/C(=S)NC(=O)C2CCC2)C(C)(C)c2ccccc21. The summed E-state index contributed by atoms with van der Waals surface area (Å²) in [4.78, 5) is 14.7. The molecule has 3 nitrogen and oxygen atoms in total. The number of amides is 1. The minimum Gasteiger partial charge on any atom is -0.347 e. The molecule has 0 radical (unpaired) electrons. The van der Waals surface area contributed by atoms with Crippen molar-refractivity contribution in [2.45, 2.75) is 38.5 Å². The Balaban J connectivity index is 1.82. The highest BCUT2D eigenvalue weighted by Crippen LogP contribution is 2.46. The van der Waals surface area contributed by atoms with Crippen LogP contribution in [0.5, 0.6) is 0 Å². The average Bonchev–Trinajstić information content (AvgIpc) is 2.59. The average molecular weight is 314 g/mol. The van der Waals surface area contributed by atoms with Crippen molar-refractivity contribution in [2.24, 2.45) is 5.92 Å². The van der Waals surface area contributed by atoms with Crippen LogP contribution in [0, 0.1) is 5.92 Å². The van der Waals surface area contributed by atoms with Crippen molar-refractivity contribution in [1.82, 2.24) is 5.32 Å². The van der Waals surface area contributed by atoms with E-state index >= 15 is 0 Å². The van der Waals surface area contributed by atoms with Gasteiger partial charge in [-0.25, -0.2) is 0 Å². The van der Waals surface area contributed by atoms with Crippen LogP contribution >= 0.6 is 12.2 Å². The molecule has 0 saturated heterocycles. The molecule has 1 aromatic rings. The van der Waals surface area contributed by atoms with Gasteiger partial charge >= 0.3 is 0 Å². The number of carbonyl (C=O) groups excluding carboxylic acids is 1. The molecule has 1 amide bonds. The van der Waals surface area contributed by atoms with Crippen LogP contribution in [-0.4, -0.2) is 17.9 Å². The first-order valence-corrected chi connectivity index (χ1v) is 8.22. The van der Waals surface area contributed by atoms with Gasteiger partial charge in [-0.05, 0) is 30.5 Å². The van der Waals surface area contributed by atoms with Gasteiger partial charge in [-0.2, -0.15) is 0 Å². The number of benzene rings is 1. The lowest BCUT2D eigenvalue weighted by molar-refractivity contribution is -0.125. The normalized spacial score (nSPS) is 21.4. The van der Waals surface area contributed by atoms with E-state index in [1.54, 1.807) is 0 Å². The Morgan fingerprint density at radius 2 is 2.05 bits per heavy atom. The Kier molecular flexibility index (Phi) is 3.81. The van der Waals surface area contributed by atoms with E-state index in [-0.39, 0.29) is 17.2 Å². The smallest absolute Gasteiger partial charge is 0.228 e. The van der Waals surface area contributed by atoms with E-state index in [9.17, 15) is 4.79 Å². The molecule has 0 aromatic heterocycles. The zero-order valence-corrected chi connectivity index (χ0v) is 14.2. The monoisotopic (exact) mass is 314 g/mol. The third-order valence-electron chi connectivity index (χ3n) is 4.93. The summed E-state index contributed by atoms with van der Waals surface area (Å²) in [6, 6.07) is 8.38. The maximum absolute atomic E-state index is 12.0. The molecule has 1 heterocycles. The van der Waals surface area contributed by atoms with Crippen LogP contribution in [0.25, 0.3) is 0 Å². The van der Waals surface area contributed by atoms with Gasteiger partial charge in [-0.3, -0.25) is 4.79 Å². The van der Waals surface area contributed by atoms with Crippen LogP contribution in [0.2, 0.25) is 0 Å². The molecule has 3 rings (SSSR count). The van der Waals surface area contributed by atoms with Crippen LogP contribution in [0.4, 0.5) is 5.69 Å². The number of para-hydroxylation sites is 1. The molecule has 1 N–H and O–H groups in total. The Morgan fingerprint density at radius 3 is 2.64 bits per heavy atom. The van der Waals surface area contributed by atoms with Crippen molar-refractivity contribution in [3.63, 3.8) is 0 Å². The number of hydrogen-bond donors (Lipinski definition) is 1. The number of allylic oxidation sites excluding steroid dienone is 1. The first-order valence-electron chi connectivity index (χ1n) is 7.81. The molecule has 22 heavy (non-hydrogen) atoms. The number of nitrogens with zero attached hydrogens (tertiary/aromatic N) is 1. The summed E-state index contributed by atoms with van der Waals surface area (Å²) in [5.41, 5.74) is 3.49. The lowest BCUT2D eigenvalue weighted by atomic mass is 9.83. The van der Waals surface area contributed by atoms with Crippen LogP contribution < -0.4 is 10.2 Å². The van der Waals surface area contributed by atoms with Gasteiger partial charge in [-0.15, -0.1) is 0 Å². The predicted octanol–water partition coefficient (Wildman–Crippen LogP) is 3.54. The van der Waals surface area contributed by atoms with Crippen molar-refractivity contribution in [3.05, 3.63) is 41.6 Å². The number of thiocarbonyl (C=S) groups is 1. The van der Waals surface area contributed by atoms with Gasteiger partial charge in [0.2, 0.25) is 5.91 Å². The van der Waals surface area contributed by atoms with Gasteiger partial charge in [0.1, 0.15) is 4.99 Å². The Bertz CT molecular complexity index is 659. The molecular formula is C18H22N2OS. The number of nitrogens with one attached hydrogen (secondary N) is 1. The maximum Gasteiger partial charge on any atom is 0.228 e. The summed E-state index contributed by atoms with van der Waals surface area (Å²) in [6.07, 6.45) is 5.06. The molecule has 0 bridgehead atoms. The number of likely N-dealkylation sites (N-methyl/N-ethyl adjacent to an activating group) is 1. The summed E-state index contributed by atoms with van der Waals surface area (Å²) in [5, 5.41) is 2.88. The summed E-state index contributed by atoms with van der Waals surface area (Å²) in [5.74, 6) is 0.229. The van der Waals surface area contributed by atoms with E-state index < -0.39 is 0 Å². The van der Waals surface area contributed by atoms with Crippen molar-refractivity contribution < 1.29 is 4.79 Å². The number of rotatable bonds is 2. The Morgan fingerprint density at radius 1 is 1.36 bits per heavy atom. The molecular weight excluding hydrogens is 292 g/mol. The van der Waals surface area contributed by atoms with E-state index in [4.69, 9.17) is 12.2 Å². The predicted molar refractivity (Wildman–Crippen MR) is 94.0 cm³/mol. The molecule has 1 fully saturated rings. The van der Waals surface area contributed by atoms with Gasteiger partial charge in [0, 0.05) is 29.8 Å². The van der Waals surface area contributed by atoms with E-state index in [1.807, 2.05) is 12.1 Å². The number of anilines is 1. The van der Waals surface area contributed by atoms with Crippen LogP contribution in [0.3, 0.4) is 0 Å². The van der Waals surface area contributed by atoms with Crippen molar-refractivity contribution >= 4 is 28.8 Å². The third-order valence-corrected chi connectivity index (χ3v) is 5.15. The molecule has 0 atom stereocenters. The molecule has 1 aromatic carbocycles. The molecule has 2 aliphatic rings. The van der Waals surface area contributed by atoms with Gasteiger partial charge in [0.25, 0.3) is 0 Å². The second-order valence-electron chi connectivity index (χ2n) is 6.71. The first-order chi connectivity index (χ1) is 10.4. The van der Waals surface area contributed by atoms with Crippen molar-refractivity contribution in [2.75, 3.05) is 11.9 Å². The van der Waals surface area contributed by atoms with Crippen molar-refractivity contribution in [3.8, 4) is 0 Å². The molecule has 0 spiro atoms. The van der Waals surface area contributed by atoms with Gasteiger partial charge < -0.3 is 10.2 Å². The zero-order valence-electron chi connectivity index (χ0n) is 13.3. The number of hydrogen-bond acceptors (Lipinski definition) is 3. The van der Waals surface area contributed by atoms with Crippen LogP contribution in [-0.2, 0) is 10.2 Å². The highest BCUT2D eigenvalue weighted by molar-refractivity contribution is 7.80. The summed E-state index contributed by atoms with van der Waals surface area (Å²) in [7, 11) is 2.05. The van der Waals surface area contributed by atoms with Crippen LogP contribution in [0.1, 0.15) is 38.7 Å². The van der Waals surface area contributed by atoms with E-state index in [1.165, 1.54) is 11.3 Å². The molecule has 4 heteroatoms. The highest BCUT2D eigenvalue weighted by atomic mass is 32.1. The number of carbonyl (C=O) groups is 1. The lowest BCUT2D eigenvalue weighted by Crippen LogP contribution is -2.37. The van der Waals surface area contributed by atoms with Gasteiger partial charge in [-0.1, -0.05) is 50.7 Å². The molecule has 0 unspecified atom stereocenters. The minimum absolute atomic E-state index is 0.0732. The van der Waals surface area contributed by atoms with E-state index in [0.717, 1.165) is 25.0 Å². The van der Waals surface area contributed by atoms with Gasteiger partial charge in [0.15, 0.2) is 0 Å². The largest absolute Gasteiger partial charge is 0.347 e. The molecule has 116 valence electrons. The summed E-state index contributed by atoms with van der Waals surface area (Å²) < 4.78 is 0. The third kappa shape index (κ3) is 2.45. The second-order valence-corrected chi connectivity index (χ2v) is 7.15. The van der Waals surface area contributed by atoms with Gasteiger partial charge in [0.05, 0.1) is 0 Å². The zero-order chi connectivity index (χ0) is 15.9.